The van der Waals surface area contributed by atoms with Gasteiger partial charge in [0.15, 0.2) is 0 Å². The van der Waals surface area contributed by atoms with Crippen molar-refractivity contribution in [3.63, 3.8) is 0 Å². The quantitative estimate of drug-likeness (QED) is 0.734. The second kappa shape index (κ2) is 4.11. The Bertz CT molecular complexity index is 563. The lowest BCUT2D eigenvalue weighted by Crippen LogP contribution is -2.31. The molecule has 0 spiro atoms. The fourth-order valence-electron chi connectivity index (χ4n) is 1.59. The fourth-order valence-corrected chi connectivity index (χ4v) is 1.59. The molecule has 1 atom stereocenters. The number of terminal acetylenes is 1. The molecule has 1 aromatic carbocycles. The molecule has 0 saturated carbocycles. The van der Waals surface area contributed by atoms with Gasteiger partial charge in [-0.3, -0.25) is 4.79 Å². The van der Waals surface area contributed by atoms with Crippen molar-refractivity contribution in [3.05, 3.63) is 36.0 Å². The molecular formula is C13H12N2O. The van der Waals surface area contributed by atoms with Gasteiger partial charge in [0.2, 0.25) is 0 Å². The van der Waals surface area contributed by atoms with Crippen molar-refractivity contribution in [3.8, 4) is 12.3 Å². The molecule has 0 aliphatic carbocycles. The minimum absolute atomic E-state index is 0.154. The molecule has 2 aromatic rings. The molecule has 0 bridgehead atoms. The first kappa shape index (κ1) is 10.3. The molecule has 1 unspecified atom stereocenters. The smallest absolute Gasteiger partial charge is 0.254 e. The SMILES string of the molecule is C#CC(C)NC(=O)c1cccc2cc[nH]c12. The fraction of sp³-hybridized carbons (Fsp3) is 0.154. The van der Waals surface area contributed by atoms with Crippen LogP contribution in [0.3, 0.4) is 0 Å². The van der Waals surface area contributed by atoms with Gasteiger partial charge in [0.25, 0.3) is 5.91 Å². The van der Waals surface area contributed by atoms with Crippen LogP contribution in [0.5, 0.6) is 0 Å². The van der Waals surface area contributed by atoms with Gasteiger partial charge in [-0.2, -0.15) is 0 Å². The number of amides is 1. The van der Waals surface area contributed by atoms with Crippen LogP contribution in [0.4, 0.5) is 0 Å². The lowest BCUT2D eigenvalue weighted by atomic mass is 10.1. The third-order valence-corrected chi connectivity index (χ3v) is 2.43. The van der Waals surface area contributed by atoms with E-state index >= 15 is 0 Å². The van der Waals surface area contributed by atoms with Crippen LogP contribution in [0.15, 0.2) is 30.5 Å². The van der Waals surface area contributed by atoms with Crippen molar-refractivity contribution in [2.24, 2.45) is 0 Å². The molecule has 0 aliphatic heterocycles. The largest absolute Gasteiger partial charge is 0.361 e. The summed E-state index contributed by atoms with van der Waals surface area (Å²) in [6.45, 7) is 1.77. The summed E-state index contributed by atoms with van der Waals surface area (Å²) < 4.78 is 0. The number of aromatic amines is 1. The highest BCUT2D eigenvalue weighted by atomic mass is 16.1. The minimum Gasteiger partial charge on any atom is -0.361 e. The Hall–Kier alpha value is -2.21. The first-order valence-electron chi connectivity index (χ1n) is 5.05. The number of carbonyl (C=O) groups is 1. The molecule has 1 heterocycles. The molecule has 80 valence electrons. The van der Waals surface area contributed by atoms with Gasteiger partial charge in [0.1, 0.15) is 0 Å². The van der Waals surface area contributed by atoms with E-state index in [-0.39, 0.29) is 11.9 Å². The molecule has 0 radical (unpaired) electrons. The predicted molar refractivity (Wildman–Crippen MR) is 64.1 cm³/mol. The van der Waals surface area contributed by atoms with Gasteiger partial charge >= 0.3 is 0 Å². The molecule has 16 heavy (non-hydrogen) atoms. The number of fused-ring (bicyclic) bond motifs is 1. The first-order valence-corrected chi connectivity index (χ1v) is 5.05. The van der Waals surface area contributed by atoms with Gasteiger partial charge < -0.3 is 10.3 Å². The third-order valence-electron chi connectivity index (χ3n) is 2.43. The summed E-state index contributed by atoms with van der Waals surface area (Å²) >= 11 is 0. The van der Waals surface area contributed by atoms with Gasteiger partial charge in [-0.25, -0.2) is 0 Å². The zero-order valence-corrected chi connectivity index (χ0v) is 8.95. The van der Waals surface area contributed by atoms with E-state index in [1.54, 1.807) is 13.0 Å². The molecule has 2 rings (SSSR count). The summed E-state index contributed by atoms with van der Waals surface area (Å²) in [6.07, 6.45) is 7.03. The van der Waals surface area contributed by atoms with E-state index in [0.29, 0.717) is 5.56 Å². The summed E-state index contributed by atoms with van der Waals surface area (Å²) in [6, 6.07) is 7.24. The van der Waals surface area contributed by atoms with Gasteiger partial charge in [-0.15, -0.1) is 6.42 Å². The molecule has 2 N–H and O–H groups in total. The maximum Gasteiger partial charge on any atom is 0.254 e. The summed E-state index contributed by atoms with van der Waals surface area (Å²) in [5.74, 6) is 2.31. The highest BCUT2D eigenvalue weighted by molar-refractivity contribution is 6.05. The average Bonchev–Trinajstić information content (AvgIpc) is 2.76. The predicted octanol–water partition coefficient (Wildman–Crippen LogP) is 1.92. The molecular weight excluding hydrogens is 200 g/mol. The van der Waals surface area contributed by atoms with E-state index in [9.17, 15) is 4.79 Å². The maximum atomic E-state index is 11.9. The Kier molecular flexibility index (Phi) is 2.65. The van der Waals surface area contributed by atoms with Crippen molar-refractivity contribution in [1.29, 1.82) is 0 Å². The van der Waals surface area contributed by atoms with E-state index in [4.69, 9.17) is 6.42 Å². The molecule has 3 heteroatoms. The van der Waals surface area contributed by atoms with Crippen LogP contribution in [0.25, 0.3) is 10.9 Å². The van der Waals surface area contributed by atoms with E-state index in [1.165, 1.54) is 0 Å². The number of benzene rings is 1. The molecule has 0 aliphatic rings. The minimum atomic E-state index is -0.266. The number of H-pyrrole nitrogens is 1. The zero-order chi connectivity index (χ0) is 11.5. The van der Waals surface area contributed by atoms with Crippen molar-refractivity contribution >= 4 is 16.8 Å². The molecule has 0 fully saturated rings. The summed E-state index contributed by atoms with van der Waals surface area (Å²) in [7, 11) is 0. The van der Waals surface area contributed by atoms with Crippen molar-refractivity contribution in [2.45, 2.75) is 13.0 Å². The van der Waals surface area contributed by atoms with Crippen LogP contribution in [-0.4, -0.2) is 16.9 Å². The van der Waals surface area contributed by atoms with Crippen LogP contribution in [-0.2, 0) is 0 Å². The van der Waals surface area contributed by atoms with Crippen LogP contribution in [0.2, 0.25) is 0 Å². The molecule has 3 nitrogen and oxygen atoms in total. The van der Waals surface area contributed by atoms with E-state index in [2.05, 4.69) is 16.2 Å². The van der Waals surface area contributed by atoms with E-state index in [1.807, 2.05) is 24.4 Å². The number of aromatic nitrogens is 1. The summed E-state index contributed by atoms with van der Waals surface area (Å²) in [5.41, 5.74) is 1.45. The Labute approximate surface area is 93.9 Å². The lowest BCUT2D eigenvalue weighted by molar-refractivity contribution is 0.0949. The van der Waals surface area contributed by atoms with E-state index < -0.39 is 0 Å². The Morgan fingerprint density at radius 2 is 2.31 bits per heavy atom. The van der Waals surface area contributed by atoms with Crippen molar-refractivity contribution in [2.75, 3.05) is 0 Å². The Balaban J connectivity index is 2.37. The second-order valence-corrected chi connectivity index (χ2v) is 3.61. The van der Waals surface area contributed by atoms with Gasteiger partial charge in [0.05, 0.1) is 17.1 Å². The molecule has 1 aromatic heterocycles. The highest BCUT2D eigenvalue weighted by Crippen LogP contribution is 2.16. The summed E-state index contributed by atoms with van der Waals surface area (Å²) in [4.78, 5) is 14.9. The first-order chi connectivity index (χ1) is 7.72. The zero-order valence-electron chi connectivity index (χ0n) is 8.95. The number of para-hydroxylation sites is 1. The standard InChI is InChI=1S/C13H12N2O/c1-3-9(2)15-13(16)11-6-4-5-10-7-8-14-12(10)11/h1,4-9,14H,2H3,(H,15,16). The topological polar surface area (TPSA) is 44.9 Å². The Morgan fingerprint density at radius 3 is 3.06 bits per heavy atom. The van der Waals surface area contributed by atoms with Crippen molar-refractivity contribution in [1.82, 2.24) is 10.3 Å². The molecule has 0 saturated heterocycles. The van der Waals surface area contributed by atoms with Crippen LogP contribution in [0, 0.1) is 12.3 Å². The Morgan fingerprint density at radius 1 is 1.50 bits per heavy atom. The molecule has 1 amide bonds. The van der Waals surface area contributed by atoms with E-state index in [0.717, 1.165) is 10.9 Å². The monoisotopic (exact) mass is 212 g/mol. The van der Waals surface area contributed by atoms with Gasteiger partial charge in [-0.1, -0.05) is 18.1 Å². The number of carbonyl (C=O) groups excluding carboxylic acids is 1. The lowest BCUT2D eigenvalue weighted by Gasteiger charge is -2.08. The van der Waals surface area contributed by atoms with Crippen LogP contribution in [0.1, 0.15) is 17.3 Å². The number of hydrogen-bond acceptors (Lipinski definition) is 1. The van der Waals surface area contributed by atoms with Crippen LogP contribution < -0.4 is 5.32 Å². The maximum absolute atomic E-state index is 11.9. The van der Waals surface area contributed by atoms with Crippen LogP contribution >= 0.6 is 0 Å². The third kappa shape index (κ3) is 1.78. The second-order valence-electron chi connectivity index (χ2n) is 3.61. The van der Waals surface area contributed by atoms with Gasteiger partial charge in [0, 0.05) is 11.6 Å². The normalized spacial score (nSPS) is 12.0. The number of rotatable bonds is 2. The average molecular weight is 212 g/mol. The highest BCUT2D eigenvalue weighted by Gasteiger charge is 2.11. The van der Waals surface area contributed by atoms with Crippen molar-refractivity contribution < 1.29 is 4.79 Å². The van der Waals surface area contributed by atoms with Gasteiger partial charge in [-0.05, 0) is 19.1 Å². The number of nitrogens with one attached hydrogen (secondary N) is 2. The summed E-state index contributed by atoms with van der Waals surface area (Å²) in [5, 5.41) is 3.75. The number of hydrogen-bond donors (Lipinski definition) is 2.